The van der Waals surface area contributed by atoms with Gasteiger partial charge in [-0.05, 0) is 12.1 Å². The molecule has 0 saturated carbocycles. The zero-order chi connectivity index (χ0) is 11.5. The van der Waals surface area contributed by atoms with Crippen LogP contribution in [0.25, 0.3) is 11.3 Å². The molecule has 0 radical (unpaired) electrons. The van der Waals surface area contributed by atoms with Crippen molar-refractivity contribution in [3.05, 3.63) is 46.5 Å². The molecule has 0 unspecified atom stereocenters. The summed E-state index contributed by atoms with van der Waals surface area (Å²) in [6, 6.07) is 6.70. The summed E-state index contributed by atoms with van der Waals surface area (Å²) < 4.78 is 0. The third kappa shape index (κ3) is 1.68. The van der Waals surface area contributed by atoms with Crippen LogP contribution in [0, 0.1) is 0 Å². The van der Waals surface area contributed by atoms with Crippen molar-refractivity contribution in [3.63, 3.8) is 0 Å². The van der Waals surface area contributed by atoms with Crippen LogP contribution in [-0.4, -0.2) is 15.1 Å². The molecule has 5 nitrogen and oxygen atoms in total. The van der Waals surface area contributed by atoms with Crippen molar-refractivity contribution >= 4 is 0 Å². The molecule has 0 aliphatic carbocycles. The number of phenols is 1. The van der Waals surface area contributed by atoms with E-state index in [4.69, 9.17) is 5.73 Å². The van der Waals surface area contributed by atoms with Crippen LogP contribution < -0.4 is 11.3 Å². The van der Waals surface area contributed by atoms with Gasteiger partial charge in [0.2, 0.25) is 0 Å². The Bertz CT molecular complexity index is 563. The normalized spacial score (nSPS) is 10.3. The minimum Gasteiger partial charge on any atom is -0.507 e. The van der Waals surface area contributed by atoms with Gasteiger partial charge in [0.15, 0.2) is 0 Å². The highest BCUT2D eigenvalue weighted by atomic mass is 16.3. The number of aromatic nitrogens is 2. The van der Waals surface area contributed by atoms with Gasteiger partial charge in [0.1, 0.15) is 5.75 Å². The van der Waals surface area contributed by atoms with Gasteiger partial charge < -0.3 is 15.8 Å². The molecule has 0 aliphatic heterocycles. The number of benzene rings is 1. The fraction of sp³-hybridized carbons (Fsp3) is 0.0909. The second kappa shape index (κ2) is 4.16. The van der Waals surface area contributed by atoms with Crippen molar-refractivity contribution < 1.29 is 5.11 Å². The molecule has 5 heteroatoms. The van der Waals surface area contributed by atoms with Gasteiger partial charge in [0.25, 0.3) is 5.56 Å². The van der Waals surface area contributed by atoms with E-state index in [1.54, 1.807) is 24.3 Å². The van der Waals surface area contributed by atoms with Crippen LogP contribution in [0.5, 0.6) is 5.75 Å². The van der Waals surface area contributed by atoms with Crippen molar-refractivity contribution in [2.24, 2.45) is 5.73 Å². The minimum atomic E-state index is -0.282. The SMILES string of the molecule is NCc1c(-c2ccccc2O)nc[nH]c1=O. The van der Waals surface area contributed by atoms with Gasteiger partial charge in [-0.15, -0.1) is 0 Å². The monoisotopic (exact) mass is 217 g/mol. The number of phenolic OH excluding ortho intramolecular Hbond substituents is 1. The second-order valence-electron chi connectivity index (χ2n) is 3.28. The lowest BCUT2D eigenvalue weighted by molar-refractivity contribution is 0.477. The predicted octanol–water partition coefficient (Wildman–Crippen LogP) is 0.601. The van der Waals surface area contributed by atoms with Crippen LogP contribution in [-0.2, 0) is 6.54 Å². The van der Waals surface area contributed by atoms with E-state index in [2.05, 4.69) is 9.97 Å². The lowest BCUT2D eigenvalue weighted by Crippen LogP contribution is -2.18. The Balaban J connectivity index is 2.70. The third-order valence-corrected chi connectivity index (χ3v) is 2.31. The lowest BCUT2D eigenvalue weighted by Gasteiger charge is -2.06. The highest BCUT2D eigenvalue weighted by molar-refractivity contribution is 5.68. The molecule has 0 aliphatic rings. The fourth-order valence-electron chi connectivity index (χ4n) is 1.52. The molecule has 0 atom stereocenters. The Hall–Kier alpha value is -2.14. The Morgan fingerprint density at radius 3 is 2.81 bits per heavy atom. The lowest BCUT2D eigenvalue weighted by atomic mass is 10.1. The highest BCUT2D eigenvalue weighted by Crippen LogP contribution is 2.27. The Morgan fingerprint density at radius 1 is 1.38 bits per heavy atom. The molecule has 0 amide bonds. The van der Waals surface area contributed by atoms with Gasteiger partial charge in [-0.25, -0.2) is 4.98 Å². The third-order valence-electron chi connectivity index (χ3n) is 2.31. The van der Waals surface area contributed by atoms with Crippen LogP contribution in [0.3, 0.4) is 0 Å². The summed E-state index contributed by atoms with van der Waals surface area (Å²) in [4.78, 5) is 18.0. The zero-order valence-corrected chi connectivity index (χ0v) is 8.47. The first kappa shape index (κ1) is 10.4. The maximum absolute atomic E-state index is 11.5. The van der Waals surface area contributed by atoms with E-state index in [9.17, 15) is 9.90 Å². The summed E-state index contributed by atoms with van der Waals surface area (Å²) in [7, 11) is 0. The summed E-state index contributed by atoms with van der Waals surface area (Å²) in [5, 5.41) is 9.68. The molecule has 1 heterocycles. The van der Waals surface area contributed by atoms with Crippen LogP contribution in [0.2, 0.25) is 0 Å². The molecular formula is C11H11N3O2. The summed E-state index contributed by atoms with van der Waals surface area (Å²) in [6.07, 6.45) is 1.29. The van der Waals surface area contributed by atoms with Crippen molar-refractivity contribution in [2.75, 3.05) is 0 Å². The molecule has 4 N–H and O–H groups in total. The number of para-hydroxylation sites is 1. The van der Waals surface area contributed by atoms with Gasteiger partial charge in [0, 0.05) is 12.1 Å². The number of rotatable bonds is 2. The van der Waals surface area contributed by atoms with Crippen molar-refractivity contribution in [3.8, 4) is 17.0 Å². The summed E-state index contributed by atoms with van der Waals surface area (Å²) in [5.41, 5.74) is 6.51. The number of nitrogens with one attached hydrogen (secondary N) is 1. The predicted molar refractivity (Wildman–Crippen MR) is 59.8 cm³/mol. The quantitative estimate of drug-likeness (QED) is 0.686. The van der Waals surface area contributed by atoms with Crippen molar-refractivity contribution in [1.82, 2.24) is 9.97 Å². The van der Waals surface area contributed by atoms with Gasteiger partial charge in [0.05, 0.1) is 17.6 Å². The van der Waals surface area contributed by atoms with Crippen LogP contribution in [0.15, 0.2) is 35.4 Å². The fourth-order valence-corrected chi connectivity index (χ4v) is 1.52. The number of nitrogens with two attached hydrogens (primary N) is 1. The molecule has 1 aromatic carbocycles. The van der Waals surface area contributed by atoms with Crippen LogP contribution >= 0.6 is 0 Å². The summed E-state index contributed by atoms with van der Waals surface area (Å²) >= 11 is 0. The Labute approximate surface area is 91.6 Å². The Kier molecular flexibility index (Phi) is 2.70. The highest BCUT2D eigenvalue weighted by Gasteiger charge is 2.11. The van der Waals surface area contributed by atoms with Gasteiger partial charge in [-0.1, -0.05) is 12.1 Å². The van der Waals surface area contributed by atoms with Gasteiger partial charge in [-0.3, -0.25) is 4.79 Å². The molecule has 0 bridgehead atoms. The molecule has 1 aromatic heterocycles. The van der Waals surface area contributed by atoms with E-state index < -0.39 is 0 Å². The summed E-state index contributed by atoms with van der Waals surface area (Å²) in [5.74, 6) is 0.0790. The molecule has 16 heavy (non-hydrogen) atoms. The first-order valence-electron chi connectivity index (χ1n) is 4.79. The maximum Gasteiger partial charge on any atom is 0.255 e. The van der Waals surface area contributed by atoms with E-state index in [0.29, 0.717) is 16.8 Å². The van der Waals surface area contributed by atoms with E-state index in [1.165, 1.54) is 6.33 Å². The molecular weight excluding hydrogens is 206 g/mol. The van der Waals surface area contributed by atoms with Crippen LogP contribution in [0.1, 0.15) is 5.56 Å². The Morgan fingerprint density at radius 2 is 2.12 bits per heavy atom. The number of hydrogen-bond acceptors (Lipinski definition) is 4. The average molecular weight is 217 g/mol. The number of aromatic hydroxyl groups is 1. The van der Waals surface area contributed by atoms with Gasteiger partial charge in [-0.2, -0.15) is 0 Å². The summed E-state index contributed by atoms with van der Waals surface area (Å²) in [6.45, 7) is 0.0762. The van der Waals surface area contributed by atoms with E-state index in [0.717, 1.165) is 0 Å². The number of aromatic amines is 1. The molecule has 82 valence electrons. The van der Waals surface area contributed by atoms with E-state index >= 15 is 0 Å². The maximum atomic E-state index is 11.5. The standard InChI is InChI=1S/C11H11N3O2/c12-5-8-10(13-6-14-11(8)16)7-3-1-2-4-9(7)15/h1-4,6,15H,5,12H2,(H,13,14,16). The number of nitrogens with zero attached hydrogens (tertiary/aromatic N) is 1. The first-order chi connectivity index (χ1) is 7.74. The van der Waals surface area contributed by atoms with Crippen LogP contribution in [0.4, 0.5) is 0 Å². The first-order valence-corrected chi connectivity index (χ1v) is 4.79. The van der Waals surface area contributed by atoms with Crippen molar-refractivity contribution in [1.29, 1.82) is 0 Å². The largest absolute Gasteiger partial charge is 0.507 e. The average Bonchev–Trinajstić information content (AvgIpc) is 2.29. The molecule has 2 rings (SSSR count). The molecule has 0 spiro atoms. The molecule has 0 saturated heterocycles. The molecule has 2 aromatic rings. The topological polar surface area (TPSA) is 92.0 Å². The van der Waals surface area contributed by atoms with Crippen molar-refractivity contribution in [2.45, 2.75) is 6.54 Å². The zero-order valence-electron chi connectivity index (χ0n) is 8.47. The van der Waals surface area contributed by atoms with E-state index in [1.807, 2.05) is 0 Å². The van der Waals surface area contributed by atoms with E-state index in [-0.39, 0.29) is 17.9 Å². The minimum absolute atomic E-state index is 0.0762. The number of hydrogen-bond donors (Lipinski definition) is 3. The molecule has 0 fully saturated rings. The smallest absolute Gasteiger partial charge is 0.255 e. The van der Waals surface area contributed by atoms with Gasteiger partial charge >= 0.3 is 0 Å². The second-order valence-corrected chi connectivity index (χ2v) is 3.28. The number of H-pyrrole nitrogens is 1.